The molecule has 0 N–H and O–H groups in total. The van der Waals surface area contributed by atoms with Crippen molar-refractivity contribution in [2.24, 2.45) is 0 Å². The van der Waals surface area contributed by atoms with Gasteiger partial charge in [-0.1, -0.05) is 19.3 Å². The highest BCUT2D eigenvalue weighted by Crippen LogP contribution is 2.28. The van der Waals surface area contributed by atoms with Gasteiger partial charge in [-0.25, -0.2) is 0 Å². The van der Waals surface area contributed by atoms with Crippen molar-refractivity contribution in [2.75, 3.05) is 0 Å². The van der Waals surface area contributed by atoms with Crippen molar-refractivity contribution in [1.29, 1.82) is 0 Å². The van der Waals surface area contributed by atoms with Crippen LogP contribution in [0.15, 0.2) is 18.3 Å². The zero-order chi connectivity index (χ0) is 9.10. The molecule has 1 aromatic rings. The predicted molar refractivity (Wildman–Crippen MR) is 51.9 cm³/mol. The monoisotopic (exact) mass is 177 g/mol. The van der Waals surface area contributed by atoms with Crippen molar-refractivity contribution in [3.8, 4) is 0 Å². The van der Waals surface area contributed by atoms with E-state index in [0.29, 0.717) is 6.04 Å². The van der Waals surface area contributed by atoms with Gasteiger partial charge in [-0.2, -0.15) is 0 Å². The van der Waals surface area contributed by atoms with E-state index in [1.165, 1.54) is 32.1 Å². The van der Waals surface area contributed by atoms with Gasteiger partial charge in [0, 0.05) is 12.2 Å². The van der Waals surface area contributed by atoms with Crippen molar-refractivity contribution in [3.05, 3.63) is 24.0 Å². The molecule has 1 aliphatic rings. The van der Waals surface area contributed by atoms with Gasteiger partial charge in [0.2, 0.25) is 0 Å². The number of hydrogen-bond donors (Lipinski definition) is 0. The van der Waals surface area contributed by atoms with Crippen molar-refractivity contribution < 1.29 is 4.79 Å². The van der Waals surface area contributed by atoms with Crippen LogP contribution in [0.25, 0.3) is 0 Å². The molecule has 13 heavy (non-hydrogen) atoms. The van der Waals surface area contributed by atoms with Gasteiger partial charge in [-0.05, 0) is 25.0 Å². The van der Waals surface area contributed by atoms with Crippen molar-refractivity contribution in [2.45, 2.75) is 38.1 Å². The second kappa shape index (κ2) is 3.77. The van der Waals surface area contributed by atoms with E-state index in [2.05, 4.69) is 4.57 Å². The first-order valence-corrected chi connectivity index (χ1v) is 5.04. The van der Waals surface area contributed by atoms with Crippen LogP contribution in [0.1, 0.15) is 48.6 Å². The molecule has 0 saturated heterocycles. The van der Waals surface area contributed by atoms with E-state index in [4.69, 9.17) is 0 Å². The van der Waals surface area contributed by atoms with Crippen LogP contribution in [0.2, 0.25) is 0 Å². The largest absolute Gasteiger partial charge is 0.342 e. The van der Waals surface area contributed by atoms with Crippen LogP contribution >= 0.6 is 0 Å². The molecule has 0 bridgehead atoms. The topological polar surface area (TPSA) is 22.0 Å². The molecule has 1 aliphatic carbocycles. The van der Waals surface area contributed by atoms with Gasteiger partial charge in [0.05, 0.1) is 5.69 Å². The fourth-order valence-corrected chi connectivity index (χ4v) is 2.20. The van der Waals surface area contributed by atoms with Crippen molar-refractivity contribution >= 4 is 6.29 Å². The van der Waals surface area contributed by atoms with Gasteiger partial charge in [0.15, 0.2) is 6.29 Å². The summed E-state index contributed by atoms with van der Waals surface area (Å²) < 4.78 is 2.13. The normalized spacial score (nSPS) is 18.8. The molecular weight excluding hydrogens is 162 g/mol. The third-order valence-electron chi connectivity index (χ3n) is 2.90. The van der Waals surface area contributed by atoms with Gasteiger partial charge < -0.3 is 4.57 Å². The average molecular weight is 177 g/mol. The van der Waals surface area contributed by atoms with Crippen molar-refractivity contribution in [3.63, 3.8) is 0 Å². The highest BCUT2D eigenvalue weighted by molar-refractivity contribution is 5.72. The lowest BCUT2D eigenvalue weighted by Gasteiger charge is -2.24. The van der Waals surface area contributed by atoms with E-state index < -0.39 is 0 Å². The van der Waals surface area contributed by atoms with Crippen LogP contribution in [-0.2, 0) is 0 Å². The first-order chi connectivity index (χ1) is 6.42. The quantitative estimate of drug-likeness (QED) is 0.637. The standard InChI is InChI=1S/C11H15NO/c13-9-11-7-4-8-12(11)10-5-2-1-3-6-10/h4,7-10H,1-3,5-6H2. The third kappa shape index (κ3) is 1.67. The fourth-order valence-electron chi connectivity index (χ4n) is 2.20. The van der Waals surface area contributed by atoms with Crippen LogP contribution < -0.4 is 0 Å². The molecule has 0 amide bonds. The number of hydrogen-bond acceptors (Lipinski definition) is 1. The minimum atomic E-state index is 0.573. The summed E-state index contributed by atoms with van der Waals surface area (Å²) in [7, 11) is 0. The van der Waals surface area contributed by atoms with Crippen LogP contribution in [-0.4, -0.2) is 10.9 Å². The lowest BCUT2D eigenvalue weighted by Crippen LogP contribution is -2.13. The molecule has 0 atom stereocenters. The molecule has 0 aliphatic heterocycles. The average Bonchev–Trinajstić information content (AvgIpc) is 2.67. The maximum absolute atomic E-state index is 10.7. The lowest BCUT2D eigenvalue weighted by atomic mass is 9.95. The summed E-state index contributed by atoms with van der Waals surface area (Å²) in [5, 5.41) is 0. The van der Waals surface area contributed by atoms with E-state index in [0.717, 1.165) is 12.0 Å². The minimum absolute atomic E-state index is 0.573. The van der Waals surface area contributed by atoms with Gasteiger partial charge in [0.1, 0.15) is 0 Å². The third-order valence-corrected chi connectivity index (χ3v) is 2.90. The summed E-state index contributed by atoms with van der Waals surface area (Å²) in [6.45, 7) is 0. The highest BCUT2D eigenvalue weighted by Gasteiger charge is 2.16. The van der Waals surface area contributed by atoms with Crippen LogP contribution in [0.5, 0.6) is 0 Å². The molecule has 1 fully saturated rings. The summed E-state index contributed by atoms with van der Waals surface area (Å²) in [5.41, 5.74) is 0.826. The summed E-state index contributed by atoms with van der Waals surface area (Å²) in [6.07, 6.45) is 9.41. The molecule has 2 nitrogen and oxygen atoms in total. The first-order valence-electron chi connectivity index (χ1n) is 5.04. The van der Waals surface area contributed by atoms with Gasteiger partial charge in [-0.15, -0.1) is 0 Å². The molecule has 2 rings (SSSR count). The molecule has 0 radical (unpaired) electrons. The molecule has 0 unspecified atom stereocenters. The van der Waals surface area contributed by atoms with Gasteiger partial charge in [0.25, 0.3) is 0 Å². The Morgan fingerprint density at radius 3 is 2.77 bits per heavy atom. The molecule has 0 aromatic carbocycles. The number of rotatable bonds is 2. The smallest absolute Gasteiger partial charge is 0.166 e. The van der Waals surface area contributed by atoms with E-state index >= 15 is 0 Å². The fraction of sp³-hybridized carbons (Fsp3) is 0.545. The van der Waals surface area contributed by atoms with Gasteiger partial charge in [-0.3, -0.25) is 4.79 Å². The first kappa shape index (κ1) is 8.54. The lowest BCUT2D eigenvalue weighted by molar-refractivity contribution is 0.111. The van der Waals surface area contributed by atoms with E-state index in [-0.39, 0.29) is 0 Å². The Labute approximate surface area is 78.6 Å². The van der Waals surface area contributed by atoms with E-state index in [1.807, 2.05) is 18.3 Å². The Morgan fingerprint density at radius 2 is 2.08 bits per heavy atom. The number of aldehydes is 1. The predicted octanol–water partition coefficient (Wildman–Crippen LogP) is 2.81. The maximum atomic E-state index is 10.7. The Kier molecular flexibility index (Phi) is 2.48. The van der Waals surface area contributed by atoms with Gasteiger partial charge >= 0.3 is 0 Å². The van der Waals surface area contributed by atoms with E-state index in [9.17, 15) is 4.79 Å². The zero-order valence-electron chi connectivity index (χ0n) is 7.78. The molecule has 1 heterocycles. The molecular formula is C11H15NO. The molecule has 1 aromatic heterocycles. The Morgan fingerprint density at radius 1 is 1.31 bits per heavy atom. The SMILES string of the molecule is O=Cc1cccn1C1CCCCC1. The Balaban J connectivity index is 2.17. The second-order valence-corrected chi connectivity index (χ2v) is 3.75. The summed E-state index contributed by atoms with van der Waals surface area (Å²) >= 11 is 0. The molecule has 2 heteroatoms. The molecule has 1 saturated carbocycles. The maximum Gasteiger partial charge on any atom is 0.166 e. The summed E-state index contributed by atoms with van der Waals surface area (Å²) in [6, 6.07) is 4.42. The Hall–Kier alpha value is -1.05. The minimum Gasteiger partial charge on any atom is -0.342 e. The number of carbonyl (C=O) groups excluding carboxylic acids is 1. The van der Waals surface area contributed by atoms with Crippen LogP contribution in [0.3, 0.4) is 0 Å². The van der Waals surface area contributed by atoms with Crippen molar-refractivity contribution in [1.82, 2.24) is 4.57 Å². The number of carbonyl (C=O) groups is 1. The Bertz CT molecular complexity index is 284. The summed E-state index contributed by atoms with van der Waals surface area (Å²) in [5.74, 6) is 0. The highest BCUT2D eigenvalue weighted by atomic mass is 16.1. The second-order valence-electron chi connectivity index (χ2n) is 3.75. The number of nitrogens with zero attached hydrogens (tertiary/aromatic N) is 1. The van der Waals surface area contributed by atoms with Crippen LogP contribution in [0, 0.1) is 0 Å². The summed E-state index contributed by atoms with van der Waals surface area (Å²) in [4.78, 5) is 10.7. The zero-order valence-corrected chi connectivity index (χ0v) is 7.78. The van der Waals surface area contributed by atoms with E-state index in [1.54, 1.807) is 0 Å². The molecule has 70 valence electrons. The number of aromatic nitrogens is 1. The molecule has 0 spiro atoms. The van der Waals surface area contributed by atoms with Crippen LogP contribution in [0.4, 0.5) is 0 Å².